The van der Waals surface area contributed by atoms with Gasteiger partial charge in [0.05, 0.1) is 5.02 Å². The second-order valence-electron chi connectivity index (χ2n) is 3.09. The molecule has 0 spiro atoms. The summed E-state index contributed by atoms with van der Waals surface area (Å²) in [6, 6.07) is 4.81. The summed E-state index contributed by atoms with van der Waals surface area (Å²) in [6.07, 6.45) is 2.44. The summed E-state index contributed by atoms with van der Waals surface area (Å²) in [5.41, 5.74) is 1.29. The Morgan fingerprint density at radius 3 is 2.93 bits per heavy atom. The van der Waals surface area contributed by atoms with Crippen molar-refractivity contribution in [3.63, 3.8) is 0 Å². The maximum atomic E-state index is 13.3. The number of benzene rings is 1. The molecule has 0 radical (unpaired) electrons. The number of hydrogen-bond acceptors (Lipinski definition) is 1. The first kappa shape index (κ1) is 9.41. The fourth-order valence-corrected chi connectivity index (χ4v) is 1.78. The Balaban J connectivity index is 2.84. The van der Waals surface area contributed by atoms with Gasteiger partial charge in [-0.3, -0.25) is 4.98 Å². The van der Waals surface area contributed by atoms with Crippen LogP contribution in [0.5, 0.6) is 0 Å². The van der Waals surface area contributed by atoms with Crippen LogP contribution in [0.15, 0.2) is 24.4 Å². The van der Waals surface area contributed by atoms with Gasteiger partial charge in [-0.15, -0.1) is 0 Å². The highest BCUT2D eigenvalue weighted by Gasteiger charge is 2.07. The minimum Gasteiger partial charge on any atom is -0.253 e. The predicted molar refractivity (Wildman–Crippen MR) is 56.1 cm³/mol. The molecule has 1 heterocycles. The molecule has 2 rings (SSSR count). The minimum absolute atomic E-state index is 0.327. The summed E-state index contributed by atoms with van der Waals surface area (Å²) < 4.78 is 13.3. The summed E-state index contributed by atoms with van der Waals surface area (Å²) in [6.45, 7) is 1.99. The zero-order chi connectivity index (χ0) is 10.1. The van der Waals surface area contributed by atoms with E-state index in [1.54, 1.807) is 18.3 Å². The number of pyridine rings is 1. The van der Waals surface area contributed by atoms with E-state index in [0.29, 0.717) is 15.9 Å². The molecule has 0 aliphatic heterocycles. The van der Waals surface area contributed by atoms with Gasteiger partial charge < -0.3 is 0 Å². The lowest BCUT2D eigenvalue weighted by molar-refractivity contribution is 0.636. The van der Waals surface area contributed by atoms with Crippen LogP contribution < -0.4 is 0 Å². The molecule has 0 unspecified atom stereocenters. The monoisotopic (exact) mass is 209 g/mol. The van der Waals surface area contributed by atoms with Crippen molar-refractivity contribution in [1.82, 2.24) is 4.98 Å². The largest absolute Gasteiger partial charge is 0.253 e. The lowest BCUT2D eigenvalue weighted by Crippen LogP contribution is -1.90. The van der Waals surface area contributed by atoms with E-state index in [1.165, 1.54) is 6.07 Å². The van der Waals surface area contributed by atoms with Crippen LogP contribution >= 0.6 is 11.6 Å². The Morgan fingerprint density at radius 1 is 1.43 bits per heavy atom. The maximum Gasteiger partial charge on any atom is 0.149 e. The molecule has 0 N–H and O–H groups in total. The van der Waals surface area contributed by atoms with Gasteiger partial charge in [-0.1, -0.05) is 30.7 Å². The number of aryl methyl sites for hydroxylation is 1. The molecule has 0 amide bonds. The fourth-order valence-electron chi connectivity index (χ4n) is 1.44. The molecule has 1 aromatic carbocycles. The SMILES string of the molecule is CCc1cnc2c(F)cccc2c1Cl. The lowest BCUT2D eigenvalue weighted by atomic mass is 10.1. The van der Waals surface area contributed by atoms with Crippen LogP contribution in [0.4, 0.5) is 4.39 Å². The van der Waals surface area contributed by atoms with Crippen molar-refractivity contribution in [3.8, 4) is 0 Å². The van der Waals surface area contributed by atoms with Gasteiger partial charge in [0.2, 0.25) is 0 Å². The van der Waals surface area contributed by atoms with Crippen LogP contribution in [0.3, 0.4) is 0 Å². The van der Waals surface area contributed by atoms with E-state index in [1.807, 2.05) is 6.92 Å². The lowest BCUT2D eigenvalue weighted by Gasteiger charge is -2.04. The predicted octanol–water partition coefficient (Wildman–Crippen LogP) is 3.59. The Hall–Kier alpha value is -1.15. The Kier molecular flexibility index (Phi) is 2.38. The van der Waals surface area contributed by atoms with Crippen LogP contribution in [0.25, 0.3) is 10.9 Å². The number of halogens is 2. The van der Waals surface area contributed by atoms with Crippen LogP contribution in [0.1, 0.15) is 12.5 Å². The first-order valence-electron chi connectivity index (χ1n) is 4.45. The van der Waals surface area contributed by atoms with Crippen molar-refractivity contribution < 1.29 is 4.39 Å². The van der Waals surface area contributed by atoms with Crippen LogP contribution in [-0.4, -0.2) is 4.98 Å². The van der Waals surface area contributed by atoms with Crippen molar-refractivity contribution in [2.45, 2.75) is 13.3 Å². The number of rotatable bonds is 1. The Morgan fingerprint density at radius 2 is 2.21 bits per heavy atom. The first-order valence-corrected chi connectivity index (χ1v) is 4.83. The van der Waals surface area contributed by atoms with Gasteiger partial charge in [0.15, 0.2) is 0 Å². The first-order chi connectivity index (χ1) is 6.74. The van der Waals surface area contributed by atoms with Crippen molar-refractivity contribution in [3.05, 3.63) is 40.8 Å². The zero-order valence-electron chi connectivity index (χ0n) is 7.72. The molecule has 0 saturated heterocycles. The van der Waals surface area contributed by atoms with Gasteiger partial charge >= 0.3 is 0 Å². The molecule has 1 nitrogen and oxygen atoms in total. The molecule has 14 heavy (non-hydrogen) atoms. The fraction of sp³-hybridized carbons (Fsp3) is 0.182. The number of fused-ring (bicyclic) bond motifs is 1. The molecular formula is C11H9ClFN. The van der Waals surface area contributed by atoms with E-state index < -0.39 is 0 Å². The molecule has 0 bridgehead atoms. The van der Waals surface area contributed by atoms with E-state index in [9.17, 15) is 4.39 Å². The Bertz CT molecular complexity index is 482. The number of aromatic nitrogens is 1. The zero-order valence-corrected chi connectivity index (χ0v) is 8.48. The molecular weight excluding hydrogens is 201 g/mol. The topological polar surface area (TPSA) is 12.9 Å². The van der Waals surface area contributed by atoms with Gasteiger partial charge in [-0.2, -0.15) is 0 Å². The molecule has 72 valence electrons. The molecule has 2 aromatic rings. The molecule has 0 atom stereocenters. The van der Waals surface area contributed by atoms with E-state index in [2.05, 4.69) is 4.98 Å². The summed E-state index contributed by atoms with van der Waals surface area (Å²) in [5, 5.41) is 1.29. The van der Waals surface area contributed by atoms with Gasteiger partial charge in [-0.25, -0.2) is 4.39 Å². The van der Waals surface area contributed by atoms with Crippen LogP contribution in [0.2, 0.25) is 5.02 Å². The summed E-state index contributed by atoms with van der Waals surface area (Å²) in [4.78, 5) is 4.05. The molecule has 1 aromatic heterocycles. The Labute approximate surface area is 86.5 Å². The summed E-state index contributed by atoms with van der Waals surface area (Å²) >= 11 is 6.11. The van der Waals surface area contributed by atoms with E-state index in [4.69, 9.17) is 11.6 Å². The van der Waals surface area contributed by atoms with E-state index in [0.717, 1.165) is 12.0 Å². The van der Waals surface area contributed by atoms with Crippen LogP contribution in [-0.2, 0) is 6.42 Å². The van der Waals surface area contributed by atoms with Gasteiger partial charge in [0.25, 0.3) is 0 Å². The van der Waals surface area contributed by atoms with Crippen molar-refractivity contribution in [1.29, 1.82) is 0 Å². The highest BCUT2D eigenvalue weighted by atomic mass is 35.5. The van der Waals surface area contributed by atoms with Gasteiger partial charge in [0, 0.05) is 11.6 Å². The van der Waals surface area contributed by atoms with E-state index in [-0.39, 0.29) is 5.82 Å². The second kappa shape index (κ2) is 3.54. The summed E-state index contributed by atoms with van der Waals surface area (Å²) in [5.74, 6) is -0.327. The maximum absolute atomic E-state index is 13.3. The third-order valence-electron chi connectivity index (χ3n) is 2.24. The van der Waals surface area contributed by atoms with Gasteiger partial charge in [0.1, 0.15) is 11.3 Å². The normalized spacial score (nSPS) is 10.8. The standard InChI is InChI=1S/C11H9ClFN/c1-2-7-6-14-11-8(10(7)12)4-3-5-9(11)13/h3-6H,2H2,1H3. The van der Waals surface area contributed by atoms with Crippen LogP contribution in [0, 0.1) is 5.82 Å². The average molecular weight is 210 g/mol. The average Bonchev–Trinajstić information content (AvgIpc) is 2.20. The molecule has 0 aliphatic carbocycles. The molecule has 0 saturated carbocycles. The molecule has 0 aliphatic rings. The second-order valence-corrected chi connectivity index (χ2v) is 3.46. The van der Waals surface area contributed by atoms with Gasteiger partial charge in [-0.05, 0) is 18.1 Å². The van der Waals surface area contributed by atoms with Crippen molar-refractivity contribution in [2.24, 2.45) is 0 Å². The molecule has 3 heteroatoms. The smallest absolute Gasteiger partial charge is 0.149 e. The van der Waals surface area contributed by atoms with Crippen molar-refractivity contribution in [2.75, 3.05) is 0 Å². The number of nitrogens with zero attached hydrogens (tertiary/aromatic N) is 1. The quantitative estimate of drug-likeness (QED) is 0.700. The summed E-state index contributed by atoms with van der Waals surface area (Å²) in [7, 11) is 0. The highest BCUT2D eigenvalue weighted by molar-refractivity contribution is 6.36. The van der Waals surface area contributed by atoms with Crippen molar-refractivity contribution >= 4 is 22.5 Å². The molecule has 0 fully saturated rings. The third-order valence-corrected chi connectivity index (χ3v) is 2.68. The van der Waals surface area contributed by atoms with E-state index >= 15 is 0 Å². The highest BCUT2D eigenvalue weighted by Crippen LogP contribution is 2.27. The minimum atomic E-state index is -0.327. The number of para-hydroxylation sites is 1. The number of hydrogen-bond donors (Lipinski definition) is 0. The third kappa shape index (κ3) is 1.36.